The molecule has 0 aliphatic rings. The van der Waals surface area contributed by atoms with Crippen LogP contribution in [0.1, 0.15) is 59.8 Å². The maximum atomic E-state index is 6.30. The molecule has 0 aromatic rings. The molecule has 0 aliphatic heterocycles. The highest BCUT2D eigenvalue weighted by molar-refractivity contribution is 6.77. The van der Waals surface area contributed by atoms with Gasteiger partial charge in [0.2, 0.25) is 0 Å². The van der Waals surface area contributed by atoms with Crippen molar-refractivity contribution in [3.63, 3.8) is 0 Å². The third-order valence-electron chi connectivity index (χ3n) is 6.46. The Morgan fingerprint density at radius 2 is 1.44 bits per heavy atom. The molecule has 1 atom stereocenters. The lowest BCUT2D eigenvalue weighted by molar-refractivity contribution is 0.123. The smallest absolute Gasteiger partial charge is 0.395 e. The molecule has 32 heavy (non-hydrogen) atoms. The van der Waals surface area contributed by atoms with Crippen molar-refractivity contribution in [3.05, 3.63) is 0 Å². The third kappa shape index (κ3) is 12.7. The summed E-state index contributed by atoms with van der Waals surface area (Å²) in [5.74, 6) is 0. The minimum absolute atomic E-state index is 0.348. The molecule has 0 heterocycles. The number of rotatable bonds is 23. The topological polar surface area (TPSA) is 61.4 Å². The van der Waals surface area contributed by atoms with E-state index < -0.39 is 17.4 Å². The van der Waals surface area contributed by atoms with Gasteiger partial charge < -0.3 is 32.3 Å². The van der Waals surface area contributed by atoms with Crippen molar-refractivity contribution in [1.82, 2.24) is 10.2 Å². The number of nitrogens with zero attached hydrogens (tertiary/aromatic N) is 1. The largest absolute Gasteiger partial charge is 0.500 e. The van der Waals surface area contributed by atoms with Gasteiger partial charge in [0.05, 0.1) is 0 Å². The Morgan fingerprint density at radius 3 is 1.94 bits per heavy atom. The summed E-state index contributed by atoms with van der Waals surface area (Å²) in [5, 5.41) is 4.32. The Hall–Kier alpha value is 0.371. The Bertz CT molecular complexity index is 416. The summed E-state index contributed by atoms with van der Waals surface area (Å²) in [6, 6.07) is 0.839. The van der Waals surface area contributed by atoms with Gasteiger partial charge >= 0.3 is 17.4 Å². The molecule has 0 saturated carbocycles. The van der Waals surface area contributed by atoms with E-state index in [9.17, 15) is 0 Å². The number of unbranched alkanes of at least 4 members (excludes halogenated alkanes) is 2. The molecule has 1 N–H and O–H groups in total. The lowest BCUT2D eigenvalue weighted by Crippen LogP contribution is -2.48. The maximum absolute atomic E-state index is 6.30. The van der Waals surface area contributed by atoms with Gasteiger partial charge in [-0.15, -0.1) is 0 Å². The second-order valence-corrected chi connectivity index (χ2v) is 17.8. The van der Waals surface area contributed by atoms with Gasteiger partial charge in [-0.05, 0) is 70.7 Å². The quantitative estimate of drug-likeness (QED) is 0.167. The normalized spacial score (nSPS) is 14.2. The third-order valence-corrected chi connectivity index (χ3v) is 17.6. The van der Waals surface area contributed by atoms with Crippen LogP contribution in [0.3, 0.4) is 0 Å². The minimum Gasteiger partial charge on any atom is -0.395 e. The minimum atomic E-state index is -2.46. The van der Waals surface area contributed by atoms with Crippen LogP contribution in [0, 0.1) is 0 Å². The Labute approximate surface area is 203 Å². The van der Waals surface area contributed by atoms with E-state index in [1.807, 2.05) is 0 Å². The molecule has 0 spiro atoms. The first kappa shape index (κ1) is 32.4. The van der Waals surface area contributed by atoms with Gasteiger partial charge in [-0.1, -0.05) is 33.1 Å². The van der Waals surface area contributed by atoms with E-state index >= 15 is 0 Å². The second-order valence-electron chi connectivity index (χ2n) is 8.39. The van der Waals surface area contributed by atoms with E-state index in [0.29, 0.717) is 5.16 Å². The van der Waals surface area contributed by atoms with Crippen LogP contribution in [-0.2, 0) is 22.1 Å². The highest BCUT2D eigenvalue weighted by Crippen LogP contribution is 2.29. The lowest BCUT2D eigenvalue weighted by atomic mass is 10.2. The van der Waals surface area contributed by atoms with Gasteiger partial charge in [0.25, 0.3) is 0 Å². The Morgan fingerprint density at radius 1 is 0.844 bits per heavy atom. The summed E-state index contributed by atoms with van der Waals surface area (Å²) >= 11 is 0. The molecule has 0 radical (unpaired) electrons. The molecule has 0 amide bonds. The molecule has 0 aromatic carbocycles. The summed E-state index contributed by atoms with van der Waals surface area (Å²) in [6.45, 7) is 17.0. The van der Waals surface area contributed by atoms with Crippen molar-refractivity contribution in [2.24, 2.45) is 0 Å². The van der Waals surface area contributed by atoms with Gasteiger partial charge in [0.15, 0.2) is 0 Å². The van der Waals surface area contributed by atoms with Crippen molar-refractivity contribution in [3.8, 4) is 0 Å². The number of hydrogen-bond acceptors (Lipinski definition) is 7. The van der Waals surface area contributed by atoms with Gasteiger partial charge in [0.1, 0.15) is 0 Å². The van der Waals surface area contributed by atoms with Gasteiger partial charge in [-0.3, -0.25) is 0 Å². The van der Waals surface area contributed by atoms with Crippen LogP contribution in [0.25, 0.3) is 0 Å². The van der Waals surface area contributed by atoms with Gasteiger partial charge in [0, 0.05) is 50.1 Å². The van der Waals surface area contributed by atoms with Crippen LogP contribution in [-0.4, -0.2) is 98.7 Å². The first-order chi connectivity index (χ1) is 15.4. The average molecular weight is 511 g/mol. The van der Waals surface area contributed by atoms with Crippen LogP contribution < -0.4 is 5.32 Å². The van der Waals surface area contributed by atoms with Crippen molar-refractivity contribution in [1.29, 1.82) is 0 Å². The summed E-state index contributed by atoms with van der Waals surface area (Å²) in [5.41, 5.74) is 0. The van der Waals surface area contributed by atoms with Crippen LogP contribution in [0.2, 0.25) is 17.8 Å². The average Bonchev–Trinajstić information content (AvgIpc) is 2.80. The zero-order chi connectivity index (χ0) is 24.3. The van der Waals surface area contributed by atoms with E-state index in [-0.39, 0.29) is 9.52 Å². The van der Waals surface area contributed by atoms with E-state index in [2.05, 4.69) is 44.5 Å². The number of nitrogens with one attached hydrogen (secondary N) is 1. The van der Waals surface area contributed by atoms with E-state index in [4.69, 9.17) is 22.1 Å². The lowest BCUT2D eigenvalue weighted by Gasteiger charge is -2.34. The van der Waals surface area contributed by atoms with E-state index in [0.717, 1.165) is 51.5 Å². The van der Waals surface area contributed by atoms with Crippen LogP contribution in [0.5, 0.6) is 0 Å². The predicted molar refractivity (Wildman–Crippen MR) is 142 cm³/mol. The first-order valence-electron chi connectivity index (χ1n) is 12.8. The maximum Gasteiger partial charge on any atom is 0.500 e. The van der Waals surface area contributed by atoms with E-state index in [1.54, 1.807) is 21.3 Å². The Balaban J connectivity index is 4.59. The predicted octanol–water partition coefficient (Wildman–Crippen LogP) is 3.35. The Kier molecular flexibility index (Phi) is 19.9. The molecule has 194 valence electrons. The molecule has 0 saturated heterocycles. The zero-order valence-corrected chi connectivity index (χ0v) is 25.9. The fraction of sp³-hybridized carbons (Fsp3) is 1.00. The molecule has 7 nitrogen and oxygen atoms in total. The molecule has 0 aliphatic carbocycles. The van der Waals surface area contributed by atoms with Crippen LogP contribution >= 0.6 is 0 Å². The van der Waals surface area contributed by atoms with Crippen molar-refractivity contribution >= 4 is 26.9 Å². The van der Waals surface area contributed by atoms with Crippen molar-refractivity contribution < 1.29 is 22.1 Å². The fourth-order valence-electron chi connectivity index (χ4n) is 4.35. The van der Waals surface area contributed by atoms with Crippen LogP contribution in [0.4, 0.5) is 0 Å². The highest BCUT2D eigenvalue weighted by atomic mass is 28.4. The molecule has 0 bridgehead atoms. The SMILES string of the molecule is CCO[Si](C)(OCC)C(CCCCCN(CC)CC)[SiH2]CNCCC[Si](OC)(OC)OC. The molecule has 0 fully saturated rings. The highest BCUT2D eigenvalue weighted by Gasteiger charge is 2.40. The summed E-state index contributed by atoms with van der Waals surface area (Å²) in [7, 11) is 0.103. The van der Waals surface area contributed by atoms with E-state index in [1.165, 1.54) is 32.2 Å². The zero-order valence-electron chi connectivity index (χ0n) is 22.5. The van der Waals surface area contributed by atoms with Gasteiger partial charge in [-0.2, -0.15) is 0 Å². The monoisotopic (exact) mass is 510 g/mol. The summed E-state index contributed by atoms with van der Waals surface area (Å²) < 4.78 is 29.2. The molecular weight excluding hydrogens is 457 g/mol. The molecule has 0 rings (SSSR count). The molecule has 10 heteroatoms. The van der Waals surface area contributed by atoms with Crippen molar-refractivity contribution in [2.75, 3.05) is 66.9 Å². The van der Waals surface area contributed by atoms with Crippen molar-refractivity contribution in [2.45, 2.75) is 77.6 Å². The molecule has 0 aromatic heterocycles. The second kappa shape index (κ2) is 19.7. The first-order valence-corrected chi connectivity index (χ1v) is 18.9. The summed E-state index contributed by atoms with van der Waals surface area (Å²) in [4.78, 5) is 2.52. The van der Waals surface area contributed by atoms with Gasteiger partial charge in [-0.25, -0.2) is 0 Å². The fourth-order valence-corrected chi connectivity index (χ4v) is 13.1. The number of hydrogen-bond donors (Lipinski definition) is 1. The standard InChI is InChI=1S/C22H54N2O5Si3/c1-9-24(10-2)19-15-13-14-17-22(31(8,28-11-3)29-12-4)30-21-23-18-16-20-32(25-5,26-6)27-7/h22-23H,9-21,30H2,1-8H3. The summed E-state index contributed by atoms with van der Waals surface area (Å²) in [6.07, 6.45) is 7.24. The van der Waals surface area contributed by atoms with Crippen LogP contribution in [0.15, 0.2) is 0 Å². The molecular formula is C22H54N2O5Si3. The molecule has 1 unspecified atom stereocenters.